The minimum Gasteiger partial charge on any atom is -0.385 e. The van der Waals surface area contributed by atoms with Gasteiger partial charge >= 0.3 is 0 Å². The topological polar surface area (TPSA) is 20.2 Å². The lowest BCUT2D eigenvalue weighted by atomic mass is 9.91. The van der Waals surface area contributed by atoms with E-state index in [0.29, 0.717) is 5.92 Å². The molecule has 2 rings (SSSR count). The summed E-state index contributed by atoms with van der Waals surface area (Å²) in [6.07, 6.45) is 2.81. The van der Waals surface area contributed by atoms with Gasteiger partial charge in [0.2, 0.25) is 0 Å². The Morgan fingerprint density at radius 1 is 1.43 bits per heavy atom. The van der Waals surface area contributed by atoms with E-state index in [1.165, 1.54) is 5.56 Å². The number of benzene rings is 1. The van der Waals surface area contributed by atoms with Crippen molar-refractivity contribution in [3.63, 3.8) is 0 Å². The van der Waals surface area contributed by atoms with Gasteiger partial charge in [-0.3, -0.25) is 0 Å². The zero-order chi connectivity index (χ0) is 10.2. The maximum absolute atomic E-state index is 10.5. The molecule has 0 aliphatic heterocycles. The van der Waals surface area contributed by atoms with Crippen LogP contribution in [0.15, 0.2) is 24.3 Å². The Morgan fingerprint density at radius 2 is 2.14 bits per heavy atom. The summed E-state index contributed by atoms with van der Waals surface area (Å²) in [5, 5.41) is 10.5. The highest BCUT2D eigenvalue weighted by molar-refractivity contribution is 5.39. The fourth-order valence-corrected chi connectivity index (χ4v) is 2.73. The van der Waals surface area contributed by atoms with Gasteiger partial charge in [0.25, 0.3) is 0 Å². The highest BCUT2D eigenvalue weighted by Gasteiger charge is 2.39. The molecule has 0 fully saturated rings. The third-order valence-electron chi connectivity index (χ3n) is 3.30. The molecule has 0 aromatic heterocycles. The Kier molecular flexibility index (Phi) is 2.36. The van der Waals surface area contributed by atoms with Crippen LogP contribution in [-0.4, -0.2) is 5.11 Å². The van der Waals surface area contributed by atoms with Crippen molar-refractivity contribution in [1.82, 2.24) is 0 Å². The van der Waals surface area contributed by atoms with Gasteiger partial charge in [0.05, 0.1) is 5.60 Å². The maximum Gasteiger partial charge on any atom is 0.0904 e. The Labute approximate surface area is 85.8 Å². The summed E-state index contributed by atoms with van der Waals surface area (Å²) >= 11 is 0. The van der Waals surface area contributed by atoms with E-state index in [9.17, 15) is 5.11 Å². The predicted octanol–water partition coefficient (Wildman–Crippen LogP) is 3.18. The molecule has 1 aliphatic carbocycles. The molecule has 1 aliphatic rings. The van der Waals surface area contributed by atoms with Crippen molar-refractivity contribution in [3.8, 4) is 0 Å². The Bertz CT molecular complexity index is 332. The summed E-state index contributed by atoms with van der Waals surface area (Å²) in [6.45, 7) is 4.33. The minimum absolute atomic E-state index is 0.503. The first-order chi connectivity index (χ1) is 6.67. The van der Waals surface area contributed by atoms with E-state index in [2.05, 4.69) is 32.0 Å². The summed E-state index contributed by atoms with van der Waals surface area (Å²) in [4.78, 5) is 0. The monoisotopic (exact) mass is 190 g/mol. The lowest BCUT2D eigenvalue weighted by Crippen LogP contribution is -2.21. The molecule has 1 heteroatoms. The van der Waals surface area contributed by atoms with Crippen LogP contribution in [0.3, 0.4) is 0 Å². The Hall–Kier alpha value is -0.820. The van der Waals surface area contributed by atoms with Crippen LogP contribution in [0.25, 0.3) is 0 Å². The molecular formula is C13H18O. The van der Waals surface area contributed by atoms with Gasteiger partial charge < -0.3 is 5.11 Å². The van der Waals surface area contributed by atoms with Crippen LogP contribution >= 0.6 is 0 Å². The third-order valence-corrected chi connectivity index (χ3v) is 3.30. The number of aliphatic hydroxyl groups is 1. The second-order valence-corrected chi connectivity index (χ2v) is 4.47. The molecule has 0 amide bonds. The fraction of sp³-hybridized carbons (Fsp3) is 0.538. The van der Waals surface area contributed by atoms with Gasteiger partial charge in [0, 0.05) is 0 Å². The van der Waals surface area contributed by atoms with E-state index in [1.54, 1.807) is 0 Å². The fourth-order valence-electron chi connectivity index (χ4n) is 2.73. The van der Waals surface area contributed by atoms with Gasteiger partial charge in [0.15, 0.2) is 0 Å². The van der Waals surface area contributed by atoms with Gasteiger partial charge in [-0.05, 0) is 29.9 Å². The standard InChI is InChI=1S/C13H18O/c1-3-8-13(14)9-10(2)11-6-4-5-7-12(11)13/h4-7,10,14H,3,8-9H2,1-2H3. The number of hydrogen-bond acceptors (Lipinski definition) is 1. The Morgan fingerprint density at radius 3 is 2.86 bits per heavy atom. The molecule has 1 N–H and O–H groups in total. The molecular weight excluding hydrogens is 172 g/mol. The molecule has 0 bridgehead atoms. The predicted molar refractivity (Wildman–Crippen MR) is 58.3 cm³/mol. The van der Waals surface area contributed by atoms with Crippen LogP contribution in [0.4, 0.5) is 0 Å². The second kappa shape index (κ2) is 3.39. The first kappa shape index (κ1) is 9.72. The van der Waals surface area contributed by atoms with Gasteiger partial charge in [-0.15, -0.1) is 0 Å². The van der Waals surface area contributed by atoms with Crippen LogP contribution in [0.2, 0.25) is 0 Å². The third kappa shape index (κ3) is 1.36. The zero-order valence-corrected chi connectivity index (χ0v) is 8.96. The highest BCUT2D eigenvalue weighted by atomic mass is 16.3. The lowest BCUT2D eigenvalue weighted by Gasteiger charge is -2.23. The first-order valence-corrected chi connectivity index (χ1v) is 5.49. The van der Waals surface area contributed by atoms with Crippen molar-refractivity contribution in [2.45, 2.75) is 44.6 Å². The summed E-state index contributed by atoms with van der Waals surface area (Å²) in [7, 11) is 0. The molecule has 2 unspecified atom stereocenters. The van der Waals surface area contributed by atoms with E-state index in [0.717, 1.165) is 24.8 Å². The lowest BCUT2D eigenvalue weighted by molar-refractivity contribution is 0.0248. The summed E-state index contributed by atoms with van der Waals surface area (Å²) in [5.41, 5.74) is 1.95. The molecule has 1 nitrogen and oxygen atoms in total. The number of fused-ring (bicyclic) bond motifs is 1. The van der Waals surface area contributed by atoms with Gasteiger partial charge in [-0.25, -0.2) is 0 Å². The average Bonchev–Trinajstić information content (AvgIpc) is 2.41. The van der Waals surface area contributed by atoms with Crippen molar-refractivity contribution < 1.29 is 5.11 Å². The van der Waals surface area contributed by atoms with E-state index in [-0.39, 0.29) is 0 Å². The van der Waals surface area contributed by atoms with E-state index in [1.807, 2.05) is 6.07 Å². The van der Waals surface area contributed by atoms with Crippen LogP contribution in [0.1, 0.15) is 50.2 Å². The smallest absolute Gasteiger partial charge is 0.0904 e. The number of hydrogen-bond donors (Lipinski definition) is 1. The van der Waals surface area contributed by atoms with E-state index >= 15 is 0 Å². The summed E-state index contributed by atoms with van der Waals surface area (Å²) < 4.78 is 0. The molecule has 76 valence electrons. The second-order valence-electron chi connectivity index (χ2n) is 4.47. The van der Waals surface area contributed by atoms with E-state index < -0.39 is 5.60 Å². The van der Waals surface area contributed by atoms with Gasteiger partial charge in [-0.2, -0.15) is 0 Å². The van der Waals surface area contributed by atoms with Crippen molar-refractivity contribution in [1.29, 1.82) is 0 Å². The maximum atomic E-state index is 10.5. The molecule has 2 atom stereocenters. The SMILES string of the molecule is CCCC1(O)CC(C)c2ccccc21. The molecule has 0 saturated heterocycles. The van der Waals surface area contributed by atoms with Crippen LogP contribution in [0.5, 0.6) is 0 Å². The van der Waals surface area contributed by atoms with Crippen molar-refractivity contribution in [2.75, 3.05) is 0 Å². The van der Waals surface area contributed by atoms with Gasteiger partial charge in [-0.1, -0.05) is 44.5 Å². The molecule has 0 radical (unpaired) electrons. The quantitative estimate of drug-likeness (QED) is 0.759. The molecule has 0 spiro atoms. The normalized spacial score (nSPS) is 30.4. The van der Waals surface area contributed by atoms with E-state index in [4.69, 9.17) is 0 Å². The van der Waals surface area contributed by atoms with Gasteiger partial charge in [0.1, 0.15) is 0 Å². The summed E-state index contributed by atoms with van der Waals surface area (Å²) in [6, 6.07) is 8.31. The number of rotatable bonds is 2. The van der Waals surface area contributed by atoms with Crippen LogP contribution in [0, 0.1) is 0 Å². The molecule has 14 heavy (non-hydrogen) atoms. The largest absolute Gasteiger partial charge is 0.385 e. The van der Waals surface area contributed by atoms with Crippen molar-refractivity contribution >= 4 is 0 Å². The molecule has 1 aromatic rings. The molecule has 1 aromatic carbocycles. The van der Waals surface area contributed by atoms with Crippen LogP contribution in [-0.2, 0) is 5.60 Å². The first-order valence-electron chi connectivity index (χ1n) is 5.49. The zero-order valence-electron chi connectivity index (χ0n) is 8.96. The summed E-state index contributed by atoms with van der Waals surface area (Å²) in [5.74, 6) is 0.503. The van der Waals surface area contributed by atoms with Crippen molar-refractivity contribution in [3.05, 3.63) is 35.4 Å². The van der Waals surface area contributed by atoms with Crippen molar-refractivity contribution in [2.24, 2.45) is 0 Å². The highest BCUT2D eigenvalue weighted by Crippen LogP contribution is 2.46. The average molecular weight is 190 g/mol. The van der Waals surface area contributed by atoms with Crippen LogP contribution < -0.4 is 0 Å². The Balaban J connectivity index is 2.43. The molecule has 0 heterocycles. The minimum atomic E-state index is -0.551. The molecule has 0 saturated carbocycles.